The molecule has 0 bridgehead atoms. The molecular weight excluding hydrogens is 340 g/mol. The molecule has 1 aromatic carbocycles. The molecule has 24 heavy (non-hydrogen) atoms. The van der Waals surface area contributed by atoms with Gasteiger partial charge in [0, 0.05) is 18.7 Å². The molecule has 128 valence electrons. The molecule has 1 aromatic heterocycles. The lowest BCUT2D eigenvalue weighted by atomic mass is 9.91. The topological polar surface area (TPSA) is 58.4 Å². The highest BCUT2D eigenvalue weighted by molar-refractivity contribution is 6.33. The van der Waals surface area contributed by atoms with Crippen LogP contribution in [0.1, 0.15) is 19.3 Å². The Bertz CT molecular complexity index is 808. The zero-order chi connectivity index (χ0) is 17.3. The molecule has 0 atom stereocenters. The summed E-state index contributed by atoms with van der Waals surface area (Å²) in [5.74, 6) is -1.65. The van der Waals surface area contributed by atoms with Crippen LogP contribution >= 0.6 is 11.6 Å². The second-order valence-corrected chi connectivity index (χ2v) is 6.04. The molecule has 8 heteroatoms. The van der Waals surface area contributed by atoms with Crippen LogP contribution in [0.15, 0.2) is 29.2 Å². The van der Waals surface area contributed by atoms with Gasteiger partial charge in [0.1, 0.15) is 16.5 Å². The average Bonchev–Trinajstić information content (AvgIpc) is 2.49. The lowest BCUT2D eigenvalue weighted by Gasteiger charge is -2.39. The molecule has 3 rings (SSSR count). The Labute approximate surface area is 142 Å². The highest BCUT2D eigenvalue weighted by Gasteiger charge is 2.28. The van der Waals surface area contributed by atoms with Crippen LogP contribution < -0.4 is 10.5 Å². The van der Waals surface area contributed by atoms with Crippen molar-refractivity contribution >= 4 is 17.3 Å². The summed E-state index contributed by atoms with van der Waals surface area (Å²) in [7, 11) is 0. The minimum absolute atomic E-state index is 0.0808. The second-order valence-electron chi connectivity index (χ2n) is 5.66. The molecule has 2 aromatic rings. The van der Waals surface area contributed by atoms with Gasteiger partial charge in [-0.2, -0.15) is 9.78 Å². The van der Waals surface area contributed by atoms with Crippen LogP contribution in [0.5, 0.6) is 0 Å². The predicted octanol–water partition coefficient (Wildman–Crippen LogP) is 2.52. The van der Waals surface area contributed by atoms with Crippen molar-refractivity contribution in [3.63, 3.8) is 0 Å². The number of hydrogen-bond acceptors (Lipinski definition) is 4. The Morgan fingerprint density at radius 1 is 1.38 bits per heavy atom. The molecule has 0 spiro atoms. The molecule has 1 heterocycles. The first kappa shape index (κ1) is 16.9. The van der Waals surface area contributed by atoms with E-state index in [2.05, 4.69) is 5.10 Å². The fourth-order valence-corrected chi connectivity index (χ4v) is 2.99. The van der Waals surface area contributed by atoms with E-state index >= 15 is 0 Å². The van der Waals surface area contributed by atoms with Gasteiger partial charge in [-0.15, -0.1) is 0 Å². The van der Waals surface area contributed by atoms with Crippen LogP contribution in [-0.2, 0) is 0 Å². The van der Waals surface area contributed by atoms with Crippen LogP contribution in [-0.4, -0.2) is 34.1 Å². The van der Waals surface area contributed by atoms with Gasteiger partial charge in [-0.05, 0) is 31.4 Å². The number of aliphatic hydroxyl groups is 1. The van der Waals surface area contributed by atoms with Crippen molar-refractivity contribution in [3.8, 4) is 5.69 Å². The van der Waals surface area contributed by atoms with Crippen molar-refractivity contribution < 1.29 is 13.9 Å². The number of nitrogens with zero attached hydrogens (tertiary/aromatic N) is 3. The third kappa shape index (κ3) is 3.01. The lowest BCUT2D eigenvalue weighted by Crippen LogP contribution is -2.43. The average molecular weight is 356 g/mol. The molecule has 5 nitrogen and oxygen atoms in total. The van der Waals surface area contributed by atoms with Gasteiger partial charge >= 0.3 is 0 Å². The third-order valence-electron chi connectivity index (χ3n) is 4.20. The van der Waals surface area contributed by atoms with Crippen molar-refractivity contribution in [1.82, 2.24) is 9.78 Å². The van der Waals surface area contributed by atoms with Crippen molar-refractivity contribution in [2.75, 3.05) is 18.1 Å². The van der Waals surface area contributed by atoms with Crippen LogP contribution in [0, 0.1) is 11.6 Å². The van der Waals surface area contributed by atoms with Crippen LogP contribution in [0.3, 0.4) is 0 Å². The van der Waals surface area contributed by atoms with Crippen molar-refractivity contribution in [3.05, 3.63) is 51.4 Å². The highest BCUT2D eigenvalue weighted by Crippen LogP contribution is 2.32. The summed E-state index contributed by atoms with van der Waals surface area (Å²) in [5.41, 5.74) is -0.451. The van der Waals surface area contributed by atoms with E-state index < -0.39 is 17.2 Å². The largest absolute Gasteiger partial charge is 0.395 e. The van der Waals surface area contributed by atoms with E-state index in [1.54, 1.807) is 0 Å². The van der Waals surface area contributed by atoms with Gasteiger partial charge in [-0.1, -0.05) is 11.6 Å². The molecule has 0 amide bonds. The van der Waals surface area contributed by atoms with Gasteiger partial charge in [0.15, 0.2) is 5.82 Å². The maximum atomic E-state index is 13.9. The Balaban J connectivity index is 2.03. The third-order valence-corrected chi connectivity index (χ3v) is 4.56. The zero-order valence-electron chi connectivity index (χ0n) is 12.8. The second kappa shape index (κ2) is 6.86. The minimum atomic E-state index is -0.903. The minimum Gasteiger partial charge on any atom is -0.395 e. The van der Waals surface area contributed by atoms with Gasteiger partial charge in [0.25, 0.3) is 5.56 Å². The first-order valence-corrected chi connectivity index (χ1v) is 8.01. The van der Waals surface area contributed by atoms with E-state index in [0.29, 0.717) is 18.3 Å². The van der Waals surface area contributed by atoms with Crippen molar-refractivity contribution in [2.24, 2.45) is 0 Å². The van der Waals surface area contributed by atoms with E-state index in [-0.39, 0.29) is 23.4 Å². The van der Waals surface area contributed by atoms with Crippen LogP contribution in [0.25, 0.3) is 5.69 Å². The van der Waals surface area contributed by atoms with E-state index in [0.717, 1.165) is 36.1 Å². The standard InChI is InChI=1S/C16H16ClF2N3O2/c17-15-14(21(6-7-23)11-2-1-3-11)9-20-22(16(15)24)13-5-4-10(18)8-12(13)19/h4-5,8-9,11,23H,1-3,6-7H2. The molecule has 0 aliphatic heterocycles. The Hall–Kier alpha value is -1.99. The fourth-order valence-electron chi connectivity index (χ4n) is 2.75. The molecule has 0 radical (unpaired) electrons. The van der Waals surface area contributed by atoms with Gasteiger partial charge in [-0.3, -0.25) is 4.79 Å². The Morgan fingerprint density at radius 3 is 2.71 bits per heavy atom. The summed E-state index contributed by atoms with van der Waals surface area (Å²) >= 11 is 6.19. The predicted molar refractivity (Wildman–Crippen MR) is 86.8 cm³/mol. The summed E-state index contributed by atoms with van der Waals surface area (Å²) in [5, 5.41) is 13.1. The first-order chi connectivity index (χ1) is 11.5. The summed E-state index contributed by atoms with van der Waals surface area (Å²) in [6.45, 7) is 0.253. The lowest BCUT2D eigenvalue weighted by molar-refractivity contribution is 0.283. The van der Waals surface area contributed by atoms with Gasteiger partial charge in [0.05, 0.1) is 18.5 Å². The summed E-state index contributed by atoms with van der Waals surface area (Å²) < 4.78 is 27.7. The maximum Gasteiger partial charge on any atom is 0.292 e. The van der Waals surface area contributed by atoms with E-state index in [4.69, 9.17) is 11.6 Å². The summed E-state index contributed by atoms with van der Waals surface area (Å²) in [6.07, 6.45) is 4.36. The van der Waals surface area contributed by atoms with E-state index in [1.807, 2.05) is 4.90 Å². The maximum absolute atomic E-state index is 13.9. The smallest absolute Gasteiger partial charge is 0.292 e. The monoisotopic (exact) mass is 355 g/mol. The molecule has 1 aliphatic rings. The quantitative estimate of drug-likeness (QED) is 0.895. The van der Waals surface area contributed by atoms with Gasteiger partial charge in [0.2, 0.25) is 0 Å². The number of aromatic nitrogens is 2. The van der Waals surface area contributed by atoms with Crippen molar-refractivity contribution in [2.45, 2.75) is 25.3 Å². The van der Waals surface area contributed by atoms with E-state index in [9.17, 15) is 18.7 Å². The van der Waals surface area contributed by atoms with E-state index in [1.165, 1.54) is 6.20 Å². The number of anilines is 1. The van der Waals surface area contributed by atoms with Crippen LogP contribution in [0.4, 0.5) is 14.5 Å². The number of halogens is 3. The number of aliphatic hydroxyl groups excluding tert-OH is 1. The molecule has 1 fully saturated rings. The highest BCUT2D eigenvalue weighted by atomic mass is 35.5. The first-order valence-electron chi connectivity index (χ1n) is 7.63. The molecular formula is C16H16ClF2N3O2. The normalized spacial score (nSPS) is 14.5. The Morgan fingerprint density at radius 2 is 2.12 bits per heavy atom. The molecule has 1 saturated carbocycles. The SMILES string of the molecule is O=c1c(Cl)c(N(CCO)C2CCC2)cnn1-c1ccc(F)cc1F. The number of benzene rings is 1. The van der Waals surface area contributed by atoms with Gasteiger partial charge < -0.3 is 10.0 Å². The fraction of sp³-hybridized carbons (Fsp3) is 0.375. The van der Waals surface area contributed by atoms with Crippen molar-refractivity contribution in [1.29, 1.82) is 0 Å². The number of hydrogen-bond donors (Lipinski definition) is 1. The molecule has 0 saturated heterocycles. The summed E-state index contributed by atoms with van der Waals surface area (Å²) in [6, 6.07) is 3.06. The zero-order valence-corrected chi connectivity index (χ0v) is 13.5. The van der Waals surface area contributed by atoms with Gasteiger partial charge in [-0.25, -0.2) is 8.78 Å². The molecule has 1 aliphatic carbocycles. The Kier molecular flexibility index (Phi) is 4.82. The molecule has 1 N–H and O–H groups in total. The molecule has 0 unspecified atom stereocenters. The van der Waals surface area contributed by atoms with Crippen LogP contribution in [0.2, 0.25) is 5.02 Å². The number of rotatable bonds is 5. The summed E-state index contributed by atoms with van der Waals surface area (Å²) in [4.78, 5) is 14.3.